The van der Waals surface area contributed by atoms with E-state index in [0.717, 1.165) is 25.7 Å². The van der Waals surface area contributed by atoms with Gasteiger partial charge in [0.25, 0.3) is 0 Å². The molecule has 0 spiro atoms. The first-order valence-electron chi connectivity index (χ1n) is 17.7. The monoisotopic (exact) mass is 730 g/mol. The van der Waals surface area contributed by atoms with Crippen LogP contribution in [0.15, 0.2) is 0 Å². The average Bonchev–Trinajstić information content (AvgIpc) is 2.95. The smallest absolute Gasteiger partial charge is 0.412 e. The zero-order chi connectivity index (χ0) is 35.5. The van der Waals surface area contributed by atoms with Crippen LogP contribution in [0.3, 0.4) is 0 Å². The molecular weight excluding hydrogens is 657 g/mol. The second-order valence-corrected chi connectivity index (χ2v) is 15.8. The number of aliphatic hydroxyl groups excluding tert-OH is 2. The van der Waals surface area contributed by atoms with Crippen LogP contribution in [0.1, 0.15) is 121 Å². The van der Waals surface area contributed by atoms with Crippen LogP contribution in [0.25, 0.3) is 0 Å². The summed E-state index contributed by atoms with van der Waals surface area (Å²) in [5.41, 5.74) is -1.13. The third-order valence-corrected chi connectivity index (χ3v) is 11.3. The molecule has 2 aliphatic rings. The van der Waals surface area contributed by atoms with E-state index in [1.165, 1.54) is 4.23 Å². The molecule has 11 nitrogen and oxygen atoms in total. The van der Waals surface area contributed by atoms with Crippen molar-refractivity contribution in [3.8, 4) is 0 Å². The van der Waals surface area contributed by atoms with E-state index >= 15 is 0 Å². The molecule has 2 aliphatic heterocycles. The van der Waals surface area contributed by atoms with Crippen molar-refractivity contribution in [3.05, 3.63) is 0 Å². The minimum absolute atomic E-state index is 0. The van der Waals surface area contributed by atoms with E-state index in [2.05, 4.69) is 49.6 Å². The Morgan fingerprint density at radius 1 is 1.00 bits per heavy atom. The average molecular weight is 731 g/mol. The fourth-order valence-corrected chi connectivity index (χ4v) is 7.28. The zero-order valence-electron chi connectivity index (χ0n) is 32.2. The van der Waals surface area contributed by atoms with Crippen molar-refractivity contribution in [2.24, 2.45) is 29.6 Å². The SMILES string of the molecule is CC1CC(N(C)C)CC(O)O1.CCC1OC(=O)C(C)C(O[C@@H](CC)OC(C)[C@@H](C)O)C(C)C[C@@H](C)C[C@@H](C)[C](=[V])[C@H](C)C[C@]1(C)O.O.O. The van der Waals surface area contributed by atoms with Crippen LogP contribution in [-0.2, 0) is 40.7 Å². The Kier molecular flexibility index (Phi) is 24.0. The Morgan fingerprint density at radius 2 is 1.58 bits per heavy atom. The molecule has 2 fully saturated rings. The first-order valence-corrected chi connectivity index (χ1v) is 18.4. The summed E-state index contributed by atoms with van der Waals surface area (Å²) in [4.78, 5) is 15.5. The molecule has 0 aromatic carbocycles. The van der Waals surface area contributed by atoms with Gasteiger partial charge in [-0.1, -0.05) is 0 Å². The van der Waals surface area contributed by atoms with Crippen molar-refractivity contribution in [2.75, 3.05) is 14.1 Å². The second kappa shape index (κ2) is 23.2. The minimum Gasteiger partial charge on any atom is -0.412 e. The molecule has 0 aromatic heterocycles. The Labute approximate surface area is 300 Å². The van der Waals surface area contributed by atoms with Gasteiger partial charge in [-0.2, -0.15) is 0 Å². The van der Waals surface area contributed by atoms with Crippen LogP contribution in [0, 0.1) is 29.6 Å². The predicted molar refractivity (Wildman–Crippen MR) is 187 cm³/mol. The van der Waals surface area contributed by atoms with Crippen molar-refractivity contribution in [1.82, 2.24) is 4.90 Å². The number of esters is 1. The van der Waals surface area contributed by atoms with Gasteiger partial charge in [-0.05, 0) is 34.4 Å². The van der Waals surface area contributed by atoms with Crippen molar-refractivity contribution >= 4 is 10.2 Å². The van der Waals surface area contributed by atoms with Crippen molar-refractivity contribution in [2.45, 2.75) is 176 Å². The molecule has 14 atom stereocenters. The number of carbonyl (C=O) groups is 1. The van der Waals surface area contributed by atoms with Crippen molar-refractivity contribution in [3.63, 3.8) is 0 Å². The number of carbonyl (C=O) groups excluding carboxylic acids is 1. The largest absolute Gasteiger partial charge is 0.412 e. The molecule has 2 heterocycles. The summed E-state index contributed by atoms with van der Waals surface area (Å²) < 4.78 is 24.9. The van der Waals surface area contributed by atoms with Crippen LogP contribution in [0.5, 0.6) is 0 Å². The van der Waals surface area contributed by atoms with Gasteiger partial charge in [0.05, 0.1) is 6.10 Å². The van der Waals surface area contributed by atoms with Gasteiger partial charge in [-0.15, -0.1) is 0 Å². The molecular formula is C36H73NO10V. The van der Waals surface area contributed by atoms with Crippen LogP contribution >= 0.6 is 0 Å². The Morgan fingerprint density at radius 3 is 2.06 bits per heavy atom. The molecule has 48 heavy (non-hydrogen) atoms. The van der Waals surface area contributed by atoms with Gasteiger partial charge in [0.2, 0.25) is 0 Å². The predicted octanol–water partition coefficient (Wildman–Crippen LogP) is 3.83. The molecule has 12 heteroatoms. The normalized spacial score (nSPS) is 37.3. The molecule has 8 unspecified atom stereocenters. The summed E-state index contributed by atoms with van der Waals surface area (Å²) in [5.74, 6) is 0.259. The number of aliphatic hydroxyl groups is 3. The summed E-state index contributed by atoms with van der Waals surface area (Å²) in [7, 11) is 4.07. The van der Waals surface area contributed by atoms with Crippen LogP contribution in [0.4, 0.5) is 0 Å². The Balaban J connectivity index is 0. The third kappa shape index (κ3) is 16.3. The minimum atomic E-state index is -1.13. The number of ether oxygens (including phenoxy) is 4. The van der Waals surface area contributed by atoms with E-state index in [9.17, 15) is 20.1 Å². The number of hydrogen-bond donors (Lipinski definition) is 3. The van der Waals surface area contributed by atoms with E-state index in [-0.39, 0.29) is 41.0 Å². The Hall–Kier alpha value is -0.436. The van der Waals surface area contributed by atoms with E-state index in [4.69, 9.17) is 18.9 Å². The molecule has 0 aromatic rings. The summed E-state index contributed by atoms with van der Waals surface area (Å²) >= 11 is 2.74. The fourth-order valence-electron chi connectivity index (χ4n) is 6.97. The van der Waals surface area contributed by atoms with Crippen LogP contribution in [0.2, 0.25) is 0 Å². The maximum Gasteiger partial charge on any atom is -0.412 e. The first kappa shape index (κ1) is 49.7. The summed E-state index contributed by atoms with van der Waals surface area (Å²) in [6.45, 7) is 21.9. The van der Waals surface area contributed by atoms with Crippen molar-refractivity contribution < 1.29 is 67.0 Å². The fraction of sp³-hybridized carbons (Fsp3) is 0.944. The van der Waals surface area contributed by atoms with Gasteiger partial charge < -0.3 is 30.8 Å². The molecule has 0 saturated carbocycles. The number of rotatable bonds is 8. The topological polar surface area (TPSA) is 181 Å². The van der Waals surface area contributed by atoms with Crippen LogP contribution in [-0.4, -0.2) is 110 Å². The quantitative estimate of drug-likeness (QED) is 0.247. The van der Waals surface area contributed by atoms with Gasteiger partial charge in [-0.25, -0.2) is 0 Å². The maximum absolute atomic E-state index is 13.4. The van der Waals surface area contributed by atoms with Gasteiger partial charge in [0, 0.05) is 12.5 Å². The molecule has 287 valence electrons. The summed E-state index contributed by atoms with van der Waals surface area (Å²) in [6, 6.07) is 0.466. The zero-order valence-corrected chi connectivity index (χ0v) is 33.6. The number of nitrogens with zero attached hydrogens (tertiary/aromatic N) is 1. The van der Waals surface area contributed by atoms with Gasteiger partial charge >= 0.3 is 212 Å². The van der Waals surface area contributed by atoms with E-state index in [0.29, 0.717) is 37.1 Å². The van der Waals surface area contributed by atoms with E-state index in [1.807, 2.05) is 48.7 Å². The van der Waals surface area contributed by atoms with E-state index < -0.39 is 42.4 Å². The summed E-state index contributed by atoms with van der Waals surface area (Å²) in [5, 5.41) is 30.5. The molecule has 0 aliphatic carbocycles. The Bertz CT molecular complexity index is 896. The van der Waals surface area contributed by atoms with Gasteiger partial charge in [-0.3, -0.25) is 0 Å². The molecule has 2 rings (SSSR count). The van der Waals surface area contributed by atoms with Crippen molar-refractivity contribution in [1.29, 1.82) is 0 Å². The molecule has 7 N–H and O–H groups in total. The number of cyclic esters (lactones) is 1. The number of hydrogen-bond acceptors (Lipinski definition) is 9. The standard InChI is InChI=1S/C28H52O6.C8H17NO2.2H2O.V/c1-11-24-28(10,31)16-19(5)14-17(3)13-18(4)15-20(6)26(21(7)27(30)33-24)34-25(12-2)32-23(9)22(8)29;1-6-4-7(9(2)3)5-8(10)11-6;;;/h17-26,29,31H,11-13,15-16H2,1-10H3;6-8,10H,4-5H2,1-3H3;2*1H2;/t17-,18+,19+,20?,21?,22-,23?,24?,25+,26?,28+;;;;/m1..../s1. The first-order chi connectivity index (χ1) is 21.2. The summed E-state index contributed by atoms with van der Waals surface area (Å²) in [6.07, 6.45) is 2.47. The molecule has 0 radical (unpaired) electrons. The molecule has 0 amide bonds. The molecule has 0 bridgehead atoms. The molecule has 2 saturated heterocycles. The van der Waals surface area contributed by atoms with Gasteiger partial charge in [0.1, 0.15) is 0 Å². The van der Waals surface area contributed by atoms with E-state index in [1.54, 1.807) is 13.8 Å². The third-order valence-electron chi connectivity index (χ3n) is 9.89. The second-order valence-electron chi connectivity index (χ2n) is 15.0. The van der Waals surface area contributed by atoms with Gasteiger partial charge in [0.15, 0.2) is 6.29 Å². The van der Waals surface area contributed by atoms with Crippen LogP contribution < -0.4 is 0 Å². The maximum atomic E-state index is 13.4.